The van der Waals surface area contributed by atoms with Gasteiger partial charge in [0.05, 0.1) is 5.75 Å². The molecule has 0 fully saturated rings. The van der Waals surface area contributed by atoms with E-state index in [1.165, 1.54) is 11.8 Å². The van der Waals surface area contributed by atoms with Gasteiger partial charge >= 0.3 is 0 Å². The van der Waals surface area contributed by atoms with Crippen molar-refractivity contribution in [1.29, 1.82) is 0 Å². The van der Waals surface area contributed by atoms with Crippen molar-refractivity contribution in [1.82, 2.24) is 14.8 Å². The van der Waals surface area contributed by atoms with E-state index in [0.717, 1.165) is 32.7 Å². The van der Waals surface area contributed by atoms with E-state index in [9.17, 15) is 4.79 Å². The molecule has 1 amide bonds. The van der Waals surface area contributed by atoms with Crippen LogP contribution < -0.4 is 5.32 Å². The summed E-state index contributed by atoms with van der Waals surface area (Å²) in [5.41, 5.74) is 4.05. The molecule has 0 aliphatic carbocycles. The quantitative estimate of drug-likeness (QED) is 0.601. The lowest BCUT2D eigenvalue weighted by Crippen LogP contribution is -2.14. The zero-order valence-corrected chi connectivity index (χ0v) is 17.2. The Bertz CT molecular complexity index is 954. The summed E-state index contributed by atoms with van der Waals surface area (Å²) in [4.78, 5) is 12.2. The Kier molecular flexibility index (Phi) is 5.78. The van der Waals surface area contributed by atoms with E-state index in [-0.39, 0.29) is 11.7 Å². The van der Waals surface area contributed by atoms with E-state index >= 15 is 0 Å². The van der Waals surface area contributed by atoms with E-state index in [1.807, 2.05) is 67.9 Å². The van der Waals surface area contributed by atoms with Gasteiger partial charge in [-0.3, -0.25) is 4.79 Å². The standard InChI is InChI=1S/C19H19BrN4OS/c1-12-6-4-5-7-15(12)18-22-23-19(24(18)3)26-11-17(25)21-14-8-9-16(20)13(2)10-14/h4-10H,11H2,1-3H3,(H,21,25). The molecule has 0 aliphatic heterocycles. The summed E-state index contributed by atoms with van der Waals surface area (Å²) in [5.74, 6) is 1.00. The van der Waals surface area contributed by atoms with Crippen LogP contribution in [0.3, 0.4) is 0 Å². The number of halogens is 1. The molecule has 0 spiro atoms. The van der Waals surface area contributed by atoms with Crippen molar-refractivity contribution in [2.75, 3.05) is 11.1 Å². The lowest BCUT2D eigenvalue weighted by molar-refractivity contribution is -0.113. The van der Waals surface area contributed by atoms with Gasteiger partial charge in [-0.05, 0) is 43.2 Å². The highest BCUT2D eigenvalue weighted by molar-refractivity contribution is 9.10. The molecular weight excluding hydrogens is 412 g/mol. The smallest absolute Gasteiger partial charge is 0.234 e. The Labute approximate surface area is 165 Å². The van der Waals surface area contributed by atoms with Gasteiger partial charge in [-0.1, -0.05) is 52.0 Å². The molecule has 5 nitrogen and oxygen atoms in total. The summed E-state index contributed by atoms with van der Waals surface area (Å²) >= 11 is 4.83. The number of benzene rings is 2. The maximum Gasteiger partial charge on any atom is 0.234 e. The summed E-state index contributed by atoms with van der Waals surface area (Å²) in [5, 5.41) is 12.1. The van der Waals surface area contributed by atoms with Crippen LogP contribution in [0.5, 0.6) is 0 Å². The summed E-state index contributed by atoms with van der Waals surface area (Å²) in [6, 6.07) is 13.8. The number of carbonyl (C=O) groups excluding carboxylic acids is 1. The fraction of sp³-hybridized carbons (Fsp3) is 0.211. The maximum absolute atomic E-state index is 12.2. The first-order valence-electron chi connectivity index (χ1n) is 8.10. The Balaban J connectivity index is 1.66. The highest BCUT2D eigenvalue weighted by atomic mass is 79.9. The van der Waals surface area contributed by atoms with Crippen molar-refractivity contribution in [2.45, 2.75) is 19.0 Å². The Morgan fingerprint density at radius 1 is 1.15 bits per heavy atom. The Morgan fingerprint density at radius 2 is 1.92 bits per heavy atom. The minimum absolute atomic E-state index is 0.0721. The van der Waals surface area contributed by atoms with Gasteiger partial charge in [-0.2, -0.15) is 0 Å². The summed E-state index contributed by atoms with van der Waals surface area (Å²) < 4.78 is 2.94. The van der Waals surface area contributed by atoms with Crippen molar-refractivity contribution in [3.63, 3.8) is 0 Å². The number of aryl methyl sites for hydroxylation is 2. The number of amides is 1. The lowest BCUT2D eigenvalue weighted by Gasteiger charge is -2.08. The SMILES string of the molecule is Cc1cc(NC(=O)CSc2nnc(-c3ccccc3C)n2C)ccc1Br. The van der Waals surface area contributed by atoms with Gasteiger partial charge < -0.3 is 9.88 Å². The normalized spacial score (nSPS) is 10.8. The van der Waals surface area contributed by atoms with Gasteiger partial charge in [0.25, 0.3) is 0 Å². The van der Waals surface area contributed by atoms with Crippen molar-refractivity contribution in [2.24, 2.45) is 7.05 Å². The molecule has 0 saturated heterocycles. The zero-order chi connectivity index (χ0) is 18.7. The molecule has 0 unspecified atom stereocenters. The predicted molar refractivity (Wildman–Crippen MR) is 109 cm³/mol. The number of carbonyl (C=O) groups is 1. The van der Waals surface area contributed by atoms with Crippen LogP contribution in [0.15, 0.2) is 52.1 Å². The van der Waals surface area contributed by atoms with Crippen LogP contribution >= 0.6 is 27.7 Å². The number of hydrogen-bond acceptors (Lipinski definition) is 4. The summed E-state index contributed by atoms with van der Waals surface area (Å²) in [7, 11) is 1.92. The van der Waals surface area contributed by atoms with Crippen molar-refractivity contribution < 1.29 is 4.79 Å². The molecule has 0 bridgehead atoms. The summed E-state index contributed by atoms with van der Waals surface area (Å²) in [6.07, 6.45) is 0. The monoisotopic (exact) mass is 430 g/mol. The summed E-state index contributed by atoms with van der Waals surface area (Å²) in [6.45, 7) is 4.03. The topological polar surface area (TPSA) is 59.8 Å². The number of nitrogens with zero attached hydrogens (tertiary/aromatic N) is 3. The molecule has 7 heteroatoms. The molecule has 1 heterocycles. The zero-order valence-electron chi connectivity index (χ0n) is 14.8. The number of hydrogen-bond donors (Lipinski definition) is 1. The molecular formula is C19H19BrN4OS. The second-order valence-corrected chi connectivity index (χ2v) is 7.78. The van der Waals surface area contributed by atoms with E-state index in [0.29, 0.717) is 5.16 Å². The maximum atomic E-state index is 12.2. The molecule has 3 aromatic rings. The fourth-order valence-corrected chi connectivity index (χ4v) is 3.51. The van der Waals surface area contributed by atoms with Gasteiger partial charge in [-0.15, -0.1) is 10.2 Å². The minimum Gasteiger partial charge on any atom is -0.325 e. The molecule has 2 aromatic carbocycles. The van der Waals surface area contributed by atoms with Gasteiger partial charge in [0, 0.05) is 22.8 Å². The van der Waals surface area contributed by atoms with Crippen LogP contribution in [0, 0.1) is 13.8 Å². The Hall–Kier alpha value is -2.12. The number of anilines is 1. The highest BCUT2D eigenvalue weighted by Crippen LogP contribution is 2.25. The first-order chi connectivity index (χ1) is 12.5. The molecule has 0 atom stereocenters. The van der Waals surface area contributed by atoms with Crippen LogP contribution in [0.25, 0.3) is 11.4 Å². The van der Waals surface area contributed by atoms with Gasteiger partial charge in [-0.25, -0.2) is 0 Å². The third-order valence-corrected chi connectivity index (χ3v) is 5.90. The number of nitrogens with one attached hydrogen (secondary N) is 1. The molecule has 0 aliphatic rings. The van der Waals surface area contributed by atoms with Crippen LogP contribution in [0.2, 0.25) is 0 Å². The first-order valence-corrected chi connectivity index (χ1v) is 9.88. The second kappa shape index (κ2) is 8.05. The highest BCUT2D eigenvalue weighted by Gasteiger charge is 2.14. The molecule has 134 valence electrons. The largest absolute Gasteiger partial charge is 0.325 e. The number of aromatic nitrogens is 3. The second-order valence-electron chi connectivity index (χ2n) is 5.98. The molecule has 3 rings (SSSR count). The number of thioether (sulfide) groups is 1. The lowest BCUT2D eigenvalue weighted by atomic mass is 10.1. The molecule has 0 saturated carbocycles. The van der Waals surface area contributed by atoms with Gasteiger partial charge in [0.1, 0.15) is 0 Å². The van der Waals surface area contributed by atoms with E-state index < -0.39 is 0 Å². The van der Waals surface area contributed by atoms with Crippen molar-refractivity contribution in [3.8, 4) is 11.4 Å². The predicted octanol–water partition coefficient (Wildman–Crippen LogP) is 4.59. The average molecular weight is 431 g/mol. The van der Waals surface area contributed by atoms with E-state index in [4.69, 9.17) is 0 Å². The molecule has 1 aromatic heterocycles. The van der Waals surface area contributed by atoms with Gasteiger partial charge in [0.15, 0.2) is 11.0 Å². The van der Waals surface area contributed by atoms with Crippen molar-refractivity contribution in [3.05, 3.63) is 58.1 Å². The average Bonchev–Trinajstić information content (AvgIpc) is 2.97. The van der Waals surface area contributed by atoms with Crippen LogP contribution in [-0.2, 0) is 11.8 Å². The third-order valence-electron chi connectivity index (χ3n) is 3.99. The van der Waals surface area contributed by atoms with Crippen LogP contribution in [0.4, 0.5) is 5.69 Å². The van der Waals surface area contributed by atoms with E-state index in [1.54, 1.807) is 0 Å². The van der Waals surface area contributed by atoms with E-state index in [2.05, 4.69) is 31.4 Å². The van der Waals surface area contributed by atoms with Crippen molar-refractivity contribution >= 4 is 39.3 Å². The Morgan fingerprint density at radius 3 is 2.65 bits per heavy atom. The van der Waals surface area contributed by atoms with Crippen LogP contribution in [-0.4, -0.2) is 26.4 Å². The fourth-order valence-electron chi connectivity index (χ4n) is 2.55. The third kappa shape index (κ3) is 4.16. The molecule has 26 heavy (non-hydrogen) atoms. The van der Waals surface area contributed by atoms with Crippen LogP contribution in [0.1, 0.15) is 11.1 Å². The molecule has 0 radical (unpaired) electrons. The van der Waals surface area contributed by atoms with Gasteiger partial charge in [0.2, 0.25) is 5.91 Å². The minimum atomic E-state index is -0.0721. The first kappa shape index (κ1) is 18.7. The number of rotatable bonds is 5. The molecule has 1 N–H and O–H groups in total.